The van der Waals surface area contributed by atoms with Crippen LogP contribution >= 0.6 is 0 Å². The number of hydrogen-bond acceptors (Lipinski definition) is 4. The summed E-state index contributed by atoms with van der Waals surface area (Å²) in [5.74, 6) is -2.27. The normalized spacial score (nSPS) is 19.3. The van der Waals surface area contributed by atoms with Crippen LogP contribution in [-0.4, -0.2) is 48.3 Å². The van der Waals surface area contributed by atoms with E-state index < -0.39 is 23.7 Å². The van der Waals surface area contributed by atoms with Crippen molar-refractivity contribution in [3.8, 4) is 0 Å². The monoisotopic (exact) mass is 324 g/mol. The number of amides is 1. The third-order valence-corrected chi connectivity index (χ3v) is 3.61. The SMILES string of the molecule is CCCC(=O)NC(C(=O)OCC)(N1CCCCC1)C(F)(F)F. The molecule has 128 valence electrons. The lowest BCUT2D eigenvalue weighted by Gasteiger charge is -2.44. The third kappa shape index (κ3) is 3.91. The van der Waals surface area contributed by atoms with Crippen molar-refractivity contribution in [2.75, 3.05) is 19.7 Å². The number of nitrogens with zero attached hydrogens (tertiary/aromatic N) is 1. The summed E-state index contributed by atoms with van der Waals surface area (Å²) in [6.07, 6.45) is -2.76. The Morgan fingerprint density at radius 2 is 1.73 bits per heavy atom. The summed E-state index contributed by atoms with van der Waals surface area (Å²) in [6, 6.07) is 0. The third-order valence-electron chi connectivity index (χ3n) is 3.61. The van der Waals surface area contributed by atoms with Gasteiger partial charge in [-0.25, -0.2) is 4.79 Å². The Morgan fingerprint density at radius 1 is 1.14 bits per heavy atom. The molecule has 0 aromatic carbocycles. The summed E-state index contributed by atoms with van der Waals surface area (Å²) in [6.45, 7) is 3.10. The number of halogens is 3. The zero-order valence-electron chi connectivity index (χ0n) is 13.0. The van der Waals surface area contributed by atoms with Crippen LogP contribution in [0.1, 0.15) is 46.0 Å². The molecule has 0 saturated carbocycles. The molecule has 0 aromatic rings. The fraction of sp³-hybridized carbons (Fsp3) is 0.857. The second kappa shape index (κ2) is 7.80. The molecule has 0 spiro atoms. The van der Waals surface area contributed by atoms with E-state index in [1.807, 2.05) is 5.32 Å². The Kier molecular flexibility index (Phi) is 6.65. The average molecular weight is 324 g/mol. The van der Waals surface area contributed by atoms with Crippen molar-refractivity contribution in [1.82, 2.24) is 10.2 Å². The Bertz CT molecular complexity index is 395. The van der Waals surface area contributed by atoms with Crippen LogP contribution in [-0.2, 0) is 14.3 Å². The molecule has 1 N–H and O–H groups in total. The van der Waals surface area contributed by atoms with Gasteiger partial charge in [-0.2, -0.15) is 13.2 Å². The number of ether oxygens (including phenoxy) is 1. The van der Waals surface area contributed by atoms with Gasteiger partial charge in [0.15, 0.2) is 0 Å². The molecule has 8 heteroatoms. The van der Waals surface area contributed by atoms with Crippen molar-refractivity contribution in [2.24, 2.45) is 0 Å². The van der Waals surface area contributed by atoms with Gasteiger partial charge in [0.2, 0.25) is 5.91 Å². The van der Waals surface area contributed by atoms with E-state index in [9.17, 15) is 22.8 Å². The molecule has 1 heterocycles. The van der Waals surface area contributed by atoms with Crippen molar-refractivity contribution < 1.29 is 27.5 Å². The van der Waals surface area contributed by atoms with Gasteiger partial charge >= 0.3 is 12.1 Å². The largest absolute Gasteiger partial charge is 0.463 e. The number of carbonyl (C=O) groups is 2. The van der Waals surface area contributed by atoms with Crippen molar-refractivity contribution in [1.29, 1.82) is 0 Å². The molecular weight excluding hydrogens is 301 g/mol. The van der Waals surface area contributed by atoms with Gasteiger partial charge < -0.3 is 10.1 Å². The number of esters is 1. The molecule has 5 nitrogen and oxygen atoms in total. The summed E-state index contributed by atoms with van der Waals surface area (Å²) < 4.78 is 46.0. The van der Waals surface area contributed by atoms with Crippen LogP contribution < -0.4 is 5.32 Å². The van der Waals surface area contributed by atoms with Crippen LogP contribution in [0.2, 0.25) is 0 Å². The predicted molar refractivity (Wildman–Crippen MR) is 73.9 cm³/mol. The molecule has 1 atom stereocenters. The number of alkyl halides is 3. The minimum atomic E-state index is -4.96. The number of likely N-dealkylation sites (tertiary alicyclic amines) is 1. The number of hydrogen-bond donors (Lipinski definition) is 1. The number of nitrogens with one attached hydrogen (secondary N) is 1. The average Bonchev–Trinajstić information content (AvgIpc) is 2.45. The number of piperidine rings is 1. The van der Waals surface area contributed by atoms with E-state index in [1.54, 1.807) is 6.92 Å². The van der Waals surface area contributed by atoms with Crippen LogP contribution in [0.15, 0.2) is 0 Å². The molecule has 1 saturated heterocycles. The van der Waals surface area contributed by atoms with Crippen molar-refractivity contribution in [3.05, 3.63) is 0 Å². The molecule has 22 heavy (non-hydrogen) atoms. The summed E-state index contributed by atoms with van der Waals surface area (Å²) in [5, 5.41) is 1.91. The molecule has 1 aliphatic heterocycles. The molecular formula is C14H23F3N2O3. The Balaban J connectivity index is 3.22. The first kappa shape index (κ1) is 18.7. The van der Waals surface area contributed by atoms with Gasteiger partial charge in [-0.05, 0) is 26.2 Å². The second-order valence-electron chi connectivity index (χ2n) is 5.27. The minimum absolute atomic E-state index is 0.0783. The maximum Gasteiger partial charge on any atom is 0.436 e. The standard InChI is InChI=1S/C14H23F3N2O3/c1-3-8-11(20)18-13(14(15,16)17,12(21)22-4-2)19-9-6-5-7-10-19/h3-10H2,1-2H3,(H,18,20). The van der Waals surface area contributed by atoms with Gasteiger partial charge in [0, 0.05) is 19.5 Å². The van der Waals surface area contributed by atoms with E-state index in [4.69, 9.17) is 0 Å². The quantitative estimate of drug-likeness (QED) is 0.761. The molecule has 0 aromatic heterocycles. The molecule has 1 amide bonds. The predicted octanol–water partition coefficient (Wildman–Crippen LogP) is 2.21. The van der Waals surface area contributed by atoms with Gasteiger partial charge in [0.1, 0.15) is 0 Å². The summed E-state index contributed by atoms with van der Waals surface area (Å²) in [5.41, 5.74) is -3.09. The molecule has 1 fully saturated rings. The van der Waals surface area contributed by atoms with Crippen molar-refractivity contribution >= 4 is 11.9 Å². The van der Waals surface area contributed by atoms with Crippen LogP contribution in [0.5, 0.6) is 0 Å². The van der Waals surface area contributed by atoms with Gasteiger partial charge in [-0.15, -0.1) is 0 Å². The zero-order valence-corrected chi connectivity index (χ0v) is 13.0. The number of rotatable bonds is 6. The van der Waals surface area contributed by atoms with E-state index in [-0.39, 0.29) is 26.1 Å². The van der Waals surface area contributed by atoms with E-state index in [2.05, 4.69) is 4.74 Å². The highest BCUT2D eigenvalue weighted by Gasteiger charge is 2.66. The fourth-order valence-corrected chi connectivity index (χ4v) is 2.58. The van der Waals surface area contributed by atoms with Crippen LogP contribution in [0, 0.1) is 0 Å². The summed E-state index contributed by atoms with van der Waals surface area (Å²) in [7, 11) is 0. The molecule has 1 rings (SSSR count). The van der Waals surface area contributed by atoms with Gasteiger partial charge in [0.25, 0.3) is 5.66 Å². The summed E-state index contributed by atoms with van der Waals surface area (Å²) >= 11 is 0. The minimum Gasteiger partial charge on any atom is -0.463 e. The fourth-order valence-electron chi connectivity index (χ4n) is 2.58. The first-order valence-corrected chi connectivity index (χ1v) is 7.59. The van der Waals surface area contributed by atoms with E-state index in [0.29, 0.717) is 19.3 Å². The van der Waals surface area contributed by atoms with E-state index >= 15 is 0 Å². The smallest absolute Gasteiger partial charge is 0.436 e. The van der Waals surface area contributed by atoms with Crippen molar-refractivity contribution in [3.63, 3.8) is 0 Å². The first-order valence-electron chi connectivity index (χ1n) is 7.59. The van der Waals surface area contributed by atoms with E-state index in [1.165, 1.54) is 6.92 Å². The lowest BCUT2D eigenvalue weighted by Crippen LogP contribution is -2.74. The second-order valence-corrected chi connectivity index (χ2v) is 5.27. The summed E-state index contributed by atoms with van der Waals surface area (Å²) in [4.78, 5) is 25.0. The van der Waals surface area contributed by atoms with E-state index in [0.717, 1.165) is 11.3 Å². The molecule has 1 unspecified atom stereocenters. The first-order chi connectivity index (χ1) is 10.3. The highest BCUT2D eigenvalue weighted by atomic mass is 19.4. The van der Waals surface area contributed by atoms with Gasteiger partial charge in [-0.1, -0.05) is 13.3 Å². The highest BCUT2D eigenvalue weighted by Crippen LogP contribution is 2.36. The number of carbonyl (C=O) groups excluding carboxylic acids is 2. The molecule has 1 aliphatic rings. The van der Waals surface area contributed by atoms with Crippen LogP contribution in [0.25, 0.3) is 0 Å². The van der Waals surface area contributed by atoms with Crippen LogP contribution in [0.3, 0.4) is 0 Å². The zero-order chi connectivity index (χ0) is 16.8. The maximum atomic E-state index is 13.8. The highest BCUT2D eigenvalue weighted by molar-refractivity contribution is 5.88. The lowest BCUT2D eigenvalue weighted by atomic mass is 10.0. The Labute approximate surface area is 128 Å². The van der Waals surface area contributed by atoms with Gasteiger partial charge in [-0.3, -0.25) is 9.69 Å². The topological polar surface area (TPSA) is 58.6 Å². The lowest BCUT2D eigenvalue weighted by molar-refractivity contribution is -0.251. The van der Waals surface area contributed by atoms with Crippen LogP contribution in [0.4, 0.5) is 13.2 Å². The maximum absolute atomic E-state index is 13.8. The Morgan fingerprint density at radius 3 is 2.18 bits per heavy atom. The molecule has 0 radical (unpaired) electrons. The Hall–Kier alpha value is -1.31. The molecule has 0 aliphatic carbocycles. The molecule has 0 bridgehead atoms. The van der Waals surface area contributed by atoms with Crippen molar-refractivity contribution in [2.45, 2.75) is 57.8 Å². The van der Waals surface area contributed by atoms with Gasteiger partial charge in [0.05, 0.1) is 6.61 Å².